The van der Waals surface area contributed by atoms with Crippen LogP contribution < -0.4 is 0 Å². The molecule has 2 aromatic heterocycles. The highest BCUT2D eigenvalue weighted by atomic mass is 16.5. The van der Waals surface area contributed by atoms with Crippen molar-refractivity contribution in [2.24, 2.45) is 11.8 Å². The predicted molar refractivity (Wildman–Crippen MR) is 105 cm³/mol. The normalized spacial score (nSPS) is 12.8. The molecule has 0 aliphatic heterocycles. The molecular formula is C22H28N2O4. The Labute approximate surface area is 166 Å². The lowest BCUT2D eigenvalue weighted by Crippen LogP contribution is -2.32. The number of rotatable bonds is 11. The van der Waals surface area contributed by atoms with Crippen LogP contribution in [0, 0.1) is 11.8 Å². The summed E-state index contributed by atoms with van der Waals surface area (Å²) in [6.07, 6.45) is 6.18. The number of hydrogen-bond acceptors (Lipinski definition) is 6. The molecule has 6 nitrogen and oxygen atoms in total. The van der Waals surface area contributed by atoms with Crippen molar-refractivity contribution in [2.75, 3.05) is 0 Å². The van der Waals surface area contributed by atoms with Gasteiger partial charge in [0.05, 0.1) is 23.2 Å². The van der Waals surface area contributed by atoms with E-state index in [0.29, 0.717) is 24.2 Å². The second-order valence-corrected chi connectivity index (χ2v) is 6.62. The molecule has 0 amide bonds. The van der Waals surface area contributed by atoms with Crippen molar-refractivity contribution in [2.45, 2.75) is 52.7 Å². The van der Waals surface area contributed by atoms with Crippen molar-refractivity contribution in [3.63, 3.8) is 0 Å². The van der Waals surface area contributed by atoms with Crippen molar-refractivity contribution >= 4 is 11.9 Å². The number of carbonyl (C=O) groups is 2. The summed E-state index contributed by atoms with van der Waals surface area (Å²) in [5.74, 6) is -1.82. The van der Waals surface area contributed by atoms with Crippen LogP contribution in [0.15, 0.2) is 48.8 Å². The Hall–Kier alpha value is -2.76. The maximum atomic E-state index is 12.7. The SMILES string of the molecule is CCCCC(C(=O)OCc1ccccn1)C(CC)C(=O)OCc1ccccn1. The van der Waals surface area contributed by atoms with E-state index in [2.05, 4.69) is 16.9 Å². The Morgan fingerprint density at radius 2 is 1.39 bits per heavy atom. The van der Waals surface area contributed by atoms with Gasteiger partial charge in [0.2, 0.25) is 0 Å². The second kappa shape index (κ2) is 11.8. The molecule has 0 N–H and O–H groups in total. The molecule has 0 fully saturated rings. The highest BCUT2D eigenvalue weighted by Crippen LogP contribution is 2.25. The zero-order valence-corrected chi connectivity index (χ0v) is 16.5. The average Bonchev–Trinajstić information content (AvgIpc) is 2.74. The molecule has 2 atom stereocenters. The maximum Gasteiger partial charge on any atom is 0.310 e. The summed E-state index contributed by atoms with van der Waals surface area (Å²) in [6.45, 7) is 4.13. The van der Waals surface area contributed by atoms with Crippen molar-refractivity contribution in [3.05, 3.63) is 60.2 Å². The third-order valence-corrected chi connectivity index (χ3v) is 4.58. The molecule has 0 bridgehead atoms. The molecule has 0 aliphatic carbocycles. The molecule has 0 saturated carbocycles. The van der Waals surface area contributed by atoms with E-state index in [0.717, 1.165) is 12.8 Å². The van der Waals surface area contributed by atoms with Crippen molar-refractivity contribution in [1.29, 1.82) is 0 Å². The molecule has 0 aliphatic rings. The van der Waals surface area contributed by atoms with Crippen LogP contribution in [0.4, 0.5) is 0 Å². The summed E-state index contributed by atoms with van der Waals surface area (Å²) in [5, 5.41) is 0. The van der Waals surface area contributed by atoms with E-state index in [9.17, 15) is 9.59 Å². The smallest absolute Gasteiger partial charge is 0.310 e. The Morgan fingerprint density at radius 1 is 0.857 bits per heavy atom. The van der Waals surface area contributed by atoms with Gasteiger partial charge in [-0.25, -0.2) is 0 Å². The van der Waals surface area contributed by atoms with Gasteiger partial charge in [-0.3, -0.25) is 19.6 Å². The van der Waals surface area contributed by atoms with E-state index >= 15 is 0 Å². The number of carbonyl (C=O) groups excluding carboxylic acids is 2. The molecule has 2 unspecified atom stereocenters. The predicted octanol–water partition coefficient (Wildman–Crippen LogP) is 4.10. The van der Waals surface area contributed by atoms with Crippen LogP contribution in [-0.4, -0.2) is 21.9 Å². The van der Waals surface area contributed by atoms with E-state index in [1.807, 2.05) is 19.1 Å². The zero-order chi connectivity index (χ0) is 20.2. The number of hydrogen-bond donors (Lipinski definition) is 0. The molecule has 0 radical (unpaired) electrons. The first-order valence-electron chi connectivity index (χ1n) is 9.78. The van der Waals surface area contributed by atoms with Crippen molar-refractivity contribution in [1.82, 2.24) is 9.97 Å². The van der Waals surface area contributed by atoms with Gasteiger partial charge in [-0.15, -0.1) is 0 Å². The summed E-state index contributed by atoms with van der Waals surface area (Å²) in [6, 6.07) is 10.9. The lowest BCUT2D eigenvalue weighted by molar-refractivity contribution is -0.163. The number of esters is 2. The van der Waals surface area contributed by atoms with Gasteiger partial charge in [-0.05, 0) is 37.1 Å². The highest BCUT2D eigenvalue weighted by Gasteiger charge is 2.34. The number of pyridine rings is 2. The molecule has 0 aromatic carbocycles. The van der Waals surface area contributed by atoms with Crippen LogP contribution in [0.25, 0.3) is 0 Å². The number of ether oxygens (including phenoxy) is 2. The number of nitrogens with zero attached hydrogens (tertiary/aromatic N) is 2. The molecule has 0 saturated heterocycles. The van der Waals surface area contributed by atoms with Gasteiger partial charge in [0.25, 0.3) is 0 Å². The fourth-order valence-corrected chi connectivity index (χ4v) is 2.99. The minimum absolute atomic E-state index is 0.0969. The third-order valence-electron chi connectivity index (χ3n) is 4.58. The Kier molecular flexibility index (Phi) is 9.11. The largest absolute Gasteiger partial charge is 0.459 e. The Morgan fingerprint density at radius 3 is 1.82 bits per heavy atom. The second-order valence-electron chi connectivity index (χ2n) is 6.62. The Balaban J connectivity index is 2.00. The topological polar surface area (TPSA) is 78.4 Å². The van der Waals surface area contributed by atoms with Gasteiger partial charge in [-0.2, -0.15) is 0 Å². The molecular weight excluding hydrogens is 356 g/mol. The first-order valence-corrected chi connectivity index (χ1v) is 9.78. The van der Waals surface area contributed by atoms with E-state index in [1.54, 1.807) is 36.7 Å². The van der Waals surface area contributed by atoms with Gasteiger partial charge in [0, 0.05) is 12.4 Å². The molecule has 2 aromatic rings. The summed E-state index contributed by atoms with van der Waals surface area (Å²) < 4.78 is 10.9. The highest BCUT2D eigenvalue weighted by molar-refractivity contribution is 5.82. The van der Waals surface area contributed by atoms with Crippen LogP contribution in [0.5, 0.6) is 0 Å². The zero-order valence-electron chi connectivity index (χ0n) is 16.5. The Bertz CT molecular complexity index is 722. The fourth-order valence-electron chi connectivity index (χ4n) is 2.99. The van der Waals surface area contributed by atoms with Gasteiger partial charge in [0.1, 0.15) is 13.2 Å². The van der Waals surface area contributed by atoms with Gasteiger partial charge >= 0.3 is 11.9 Å². The molecule has 28 heavy (non-hydrogen) atoms. The lowest BCUT2D eigenvalue weighted by Gasteiger charge is -2.23. The summed E-state index contributed by atoms with van der Waals surface area (Å²) >= 11 is 0. The van der Waals surface area contributed by atoms with Crippen molar-refractivity contribution < 1.29 is 19.1 Å². The van der Waals surface area contributed by atoms with Crippen LogP contribution in [-0.2, 0) is 32.3 Å². The minimum Gasteiger partial charge on any atom is -0.459 e. The maximum absolute atomic E-state index is 12.7. The minimum atomic E-state index is -0.536. The number of unbranched alkanes of at least 4 members (excludes halogenated alkanes) is 1. The van der Waals surface area contributed by atoms with E-state index in [4.69, 9.17) is 9.47 Å². The number of aromatic nitrogens is 2. The first kappa shape index (κ1) is 21.5. The van der Waals surface area contributed by atoms with E-state index in [-0.39, 0.29) is 25.2 Å². The lowest BCUT2D eigenvalue weighted by atomic mass is 9.86. The fraction of sp³-hybridized carbons (Fsp3) is 0.455. The van der Waals surface area contributed by atoms with E-state index in [1.165, 1.54) is 0 Å². The van der Waals surface area contributed by atoms with E-state index < -0.39 is 11.8 Å². The van der Waals surface area contributed by atoms with Crippen LogP contribution >= 0.6 is 0 Å². The standard InChI is InChI=1S/C22H28N2O4/c1-3-5-12-20(22(26)28-16-18-11-7-9-14-24-18)19(4-2)21(25)27-15-17-10-6-8-13-23-17/h6-11,13-14,19-20H,3-5,12,15-16H2,1-2H3. The summed E-state index contributed by atoms with van der Waals surface area (Å²) in [4.78, 5) is 33.7. The first-order chi connectivity index (χ1) is 13.7. The summed E-state index contributed by atoms with van der Waals surface area (Å²) in [5.41, 5.74) is 1.35. The molecule has 6 heteroatoms. The van der Waals surface area contributed by atoms with Gasteiger partial charge < -0.3 is 9.47 Å². The molecule has 2 heterocycles. The van der Waals surface area contributed by atoms with Gasteiger partial charge in [-0.1, -0.05) is 38.8 Å². The third kappa shape index (κ3) is 6.76. The quantitative estimate of drug-likeness (QED) is 0.543. The molecule has 150 valence electrons. The molecule has 0 spiro atoms. The van der Waals surface area contributed by atoms with Crippen LogP contribution in [0.2, 0.25) is 0 Å². The average molecular weight is 384 g/mol. The monoisotopic (exact) mass is 384 g/mol. The van der Waals surface area contributed by atoms with Crippen LogP contribution in [0.1, 0.15) is 50.9 Å². The van der Waals surface area contributed by atoms with Crippen molar-refractivity contribution in [3.8, 4) is 0 Å². The van der Waals surface area contributed by atoms with Crippen LogP contribution in [0.3, 0.4) is 0 Å². The molecule has 2 rings (SSSR count). The van der Waals surface area contributed by atoms with Gasteiger partial charge in [0.15, 0.2) is 0 Å². The summed E-state index contributed by atoms with van der Waals surface area (Å²) in [7, 11) is 0.